The Kier molecular flexibility index (Phi) is 7.82. The molecule has 0 amide bonds. The summed E-state index contributed by atoms with van der Waals surface area (Å²) in [5.74, 6) is 2.94. The van der Waals surface area contributed by atoms with E-state index in [1.165, 1.54) is 76.7 Å². The number of hydrogen-bond donors (Lipinski definition) is 0. The van der Waals surface area contributed by atoms with Gasteiger partial charge in [0.15, 0.2) is 0 Å². The third kappa shape index (κ3) is 5.18. The monoisotopic (exact) mass is 712 g/mol. The second-order valence-corrected chi connectivity index (χ2v) is 16.3. The first-order valence-electron chi connectivity index (χ1n) is 19.9. The molecule has 0 atom stereocenters. The van der Waals surface area contributed by atoms with Crippen molar-refractivity contribution in [3.63, 3.8) is 0 Å². The molecule has 0 N–H and O–H groups in total. The van der Waals surface area contributed by atoms with E-state index in [1.807, 2.05) is 0 Å². The maximum atomic E-state index is 6.97. The van der Waals surface area contributed by atoms with E-state index >= 15 is 0 Å². The summed E-state index contributed by atoms with van der Waals surface area (Å²) in [6.45, 7) is 14.0. The first-order valence-corrected chi connectivity index (χ1v) is 19.9. The highest BCUT2D eigenvalue weighted by molar-refractivity contribution is 6.97. The average molecular weight is 713 g/mol. The third-order valence-electron chi connectivity index (χ3n) is 12.0. The van der Waals surface area contributed by atoms with Gasteiger partial charge < -0.3 is 13.9 Å². The molecule has 10 rings (SSSR count). The second kappa shape index (κ2) is 12.8. The molecule has 0 saturated carbocycles. The molecule has 0 bridgehead atoms. The van der Waals surface area contributed by atoms with Crippen molar-refractivity contribution in [2.45, 2.75) is 59.3 Å². The van der Waals surface area contributed by atoms with Gasteiger partial charge in [-0.05, 0) is 106 Å². The highest BCUT2D eigenvalue weighted by Gasteiger charge is 2.37. The van der Waals surface area contributed by atoms with Crippen molar-refractivity contribution in [3.05, 3.63) is 162 Å². The number of rotatable bonds is 6. The van der Waals surface area contributed by atoms with E-state index in [9.17, 15) is 0 Å². The van der Waals surface area contributed by atoms with E-state index in [1.54, 1.807) is 0 Å². The Morgan fingerprint density at radius 2 is 0.782 bits per heavy atom. The van der Waals surface area contributed by atoms with Crippen molar-refractivity contribution in [1.29, 1.82) is 0 Å². The Hall–Kier alpha value is -6.00. The van der Waals surface area contributed by atoms with Gasteiger partial charge in [0.1, 0.15) is 11.5 Å². The van der Waals surface area contributed by atoms with Gasteiger partial charge in [-0.1, -0.05) is 132 Å². The first kappa shape index (κ1) is 33.6. The van der Waals surface area contributed by atoms with Crippen LogP contribution in [0.2, 0.25) is 0 Å². The van der Waals surface area contributed by atoms with Crippen LogP contribution in [0.25, 0.3) is 55.0 Å². The van der Waals surface area contributed by atoms with Crippen LogP contribution < -0.4 is 21.1 Å². The van der Waals surface area contributed by atoms with E-state index in [0.29, 0.717) is 17.8 Å². The zero-order valence-corrected chi connectivity index (χ0v) is 32.5. The van der Waals surface area contributed by atoms with Crippen LogP contribution in [0.3, 0.4) is 0 Å². The van der Waals surface area contributed by atoms with Crippen LogP contribution >= 0.6 is 0 Å². The maximum Gasteiger partial charge on any atom is 0.251 e. The number of para-hydroxylation sites is 4. The fraction of sp³-hybridized carbons (Fsp3) is 0.176. The summed E-state index contributed by atoms with van der Waals surface area (Å²) < 4.78 is 11.8. The Morgan fingerprint density at radius 3 is 1.13 bits per heavy atom. The SMILES string of the molecule is CC(C)c1cc(C(C)C)c(B2c3cc(-n4c5ccccc5c5ccccc54)ccc3Oc3ccc(-n4c5ccccc5c5ccccc54)cc32)c(C(C)C)c1. The molecule has 0 radical (unpaired) electrons. The van der Waals surface area contributed by atoms with Gasteiger partial charge in [-0.15, -0.1) is 0 Å². The Bertz CT molecular complexity index is 2660. The van der Waals surface area contributed by atoms with Crippen molar-refractivity contribution in [2.24, 2.45) is 0 Å². The molecule has 0 aliphatic carbocycles. The molecular weight excluding hydrogens is 667 g/mol. The molecule has 9 aromatic rings. The number of fused-ring (bicyclic) bond motifs is 8. The van der Waals surface area contributed by atoms with E-state index in [4.69, 9.17) is 4.74 Å². The maximum absolute atomic E-state index is 6.97. The third-order valence-corrected chi connectivity index (χ3v) is 12.0. The van der Waals surface area contributed by atoms with Crippen LogP contribution in [0.15, 0.2) is 146 Å². The minimum Gasteiger partial charge on any atom is -0.458 e. The van der Waals surface area contributed by atoms with Crippen LogP contribution in [-0.2, 0) is 0 Å². The Balaban J connectivity index is 1.28. The lowest BCUT2D eigenvalue weighted by Gasteiger charge is -2.33. The van der Waals surface area contributed by atoms with Crippen LogP contribution in [-0.4, -0.2) is 15.8 Å². The van der Waals surface area contributed by atoms with Crippen LogP contribution in [0.5, 0.6) is 11.5 Å². The van der Waals surface area contributed by atoms with E-state index < -0.39 is 0 Å². The molecule has 0 unspecified atom stereocenters. The molecule has 55 heavy (non-hydrogen) atoms. The summed E-state index contributed by atoms with van der Waals surface area (Å²) in [5, 5.41) is 5.05. The standard InChI is InChI=1S/C51H45BN2O/c1-31(2)34-27-41(32(3)4)51(42(28-34)33(5)6)52-43-29-35(53-45-19-11-7-15-37(45)38-16-8-12-20-46(38)53)23-25-49(43)55-50-26-24-36(30-44(50)52)54-47-21-13-9-17-39(47)40-18-10-14-22-48(40)54/h7-33H,1-6H3. The zero-order valence-electron chi connectivity index (χ0n) is 32.5. The van der Waals surface area contributed by atoms with Crippen molar-refractivity contribution in [2.75, 3.05) is 0 Å². The van der Waals surface area contributed by atoms with Crippen LogP contribution in [0.4, 0.5) is 0 Å². The minimum absolute atomic E-state index is 0.0455. The van der Waals surface area contributed by atoms with E-state index in [2.05, 4.69) is 196 Å². The van der Waals surface area contributed by atoms with Crippen molar-refractivity contribution in [1.82, 2.24) is 9.13 Å². The molecule has 3 nitrogen and oxygen atoms in total. The quantitative estimate of drug-likeness (QED) is 0.157. The highest BCUT2D eigenvalue weighted by Crippen LogP contribution is 2.37. The lowest BCUT2D eigenvalue weighted by molar-refractivity contribution is 0.487. The van der Waals surface area contributed by atoms with Gasteiger partial charge in [-0.25, -0.2) is 0 Å². The summed E-state index contributed by atoms with van der Waals surface area (Å²) in [5.41, 5.74) is 15.2. The Morgan fingerprint density at radius 1 is 0.418 bits per heavy atom. The number of nitrogens with zero attached hydrogens (tertiary/aromatic N) is 2. The largest absolute Gasteiger partial charge is 0.458 e. The van der Waals surface area contributed by atoms with Gasteiger partial charge >= 0.3 is 0 Å². The van der Waals surface area contributed by atoms with Gasteiger partial charge in [0.25, 0.3) is 6.71 Å². The normalized spacial score (nSPS) is 12.8. The molecule has 7 aromatic carbocycles. The first-order chi connectivity index (χ1) is 26.8. The Labute approximate surface area is 323 Å². The summed E-state index contributed by atoms with van der Waals surface area (Å²) in [6, 6.07) is 53.8. The molecule has 2 aromatic heterocycles. The lowest BCUT2D eigenvalue weighted by Crippen LogP contribution is -2.57. The number of aromatic nitrogens is 2. The van der Waals surface area contributed by atoms with Gasteiger partial charge in [0.05, 0.1) is 22.1 Å². The molecule has 0 spiro atoms. The van der Waals surface area contributed by atoms with Gasteiger partial charge in [-0.2, -0.15) is 0 Å². The smallest absolute Gasteiger partial charge is 0.251 e. The molecule has 3 heterocycles. The molecular formula is C51H45BN2O. The fourth-order valence-electron chi connectivity index (χ4n) is 9.33. The van der Waals surface area contributed by atoms with E-state index in [0.717, 1.165) is 22.9 Å². The molecule has 1 aliphatic heterocycles. The van der Waals surface area contributed by atoms with E-state index in [-0.39, 0.29) is 6.71 Å². The second-order valence-electron chi connectivity index (χ2n) is 16.3. The summed E-state index contributed by atoms with van der Waals surface area (Å²) in [6.07, 6.45) is 0. The van der Waals surface area contributed by atoms with Gasteiger partial charge in [-0.3, -0.25) is 0 Å². The van der Waals surface area contributed by atoms with Crippen LogP contribution in [0, 0.1) is 0 Å². The van der Waals surface area contributed by atoms with Crippen molar-refractivity contribution < 1.29 is 4.74 Å². The van der Waals surface area contributed by atoms with Crippen molar-refractivity contribution >= 4 is 66.7 Å². The van der Waals surface area contributed by atoms with Gasteiger partial charge in [0.2, 0.25) is 0 Å². The lowest BCUT2D eigenvalue weighted by atomic mass is 9.33. The summed E-state index contributed by atoms with van der Waals surface area (Å²) >= 11 is 0. The average Bonchev–Trinajstić information content (AvgIpc) is 3.72. The van der Waals surface area contributed by atoms with Gasteiger partial charge in [0, 0.05) is 32.9 Å². The predicted molar refractivity (Wildman–Crippen MR) is 235 cm³/mol. The number of ether oxygens (including phenoxy) is 1. The van der Waals surface area contributed by atoms with Crippen molar-refractivity contribution in [3.8, 4) is 22.9 Å². The molecule has 268 valence electrons. The molecule has 0 fully saturated rings. The molecule has 0 saturated heterocycles. The summed E-state index contributed by atoms with van der Waals surface area (Å²) in [4.78, 5) is 0. The number of hydrogen-bond acceptors (Lipinski definition) is 1. The summed E-state index contributed by atoms with van der Waals surface area (Å²) in [7, 11) is 0. The molecule has 1 aliphatic rings. The zero-order chi connectivity index (χ0) is 37.5. The fourth-order valence-corrected chi connectivity index (χ4v) is 9.33. The minimum atomic E-state index is -0.0455. The predicted octanol–water partition coefficient (Wildman–Crippen LogP) is 11.9. The highest BCUT2D eigenvalue weighted by atomic mass is 16.5. The van der Waals surface area contributed by atoms with Crippen LogP contribution in [0.1, 0.15) is 76.0 Å². The molecule has 4 heteroatoms. The topological polar surface area (TPSA) is 19.1 Å². The number of benzene rings is 7.